The van der Waals surface area contributed by atoms with Crippen LogP contribution in [0.1, 0.15) is 32.6 Å². The molecule has 3 aliphatic rings. The molecule has 2 amide bonds. The summed E-state index contributed by atoms with van der Waals surface area (Å²) >= 11 is 1.92. The zero-order chi connectivity index (χ0) is 19.7. The summed E-state index contributed by atoms with van der Waals surface area (Å²) in [5, 5.41) is 27.4. The Kier molecular flexibility index (Phi) is 6.08. The molecule has 4 unspecified atom stereocenters. The van der Waals surface area contributed by atoms with Crippen LogP contribution >= 0.6 is 23.5 Å². The number of hydrogen-bond donors (Lipinski definition) is 4. The van der Waals surface area contributed by atoms with E-state index in [0.717, 1.165) is 29.5 Å². The van der Waals surface area contributed by atoms with Gasteiger partial charge in [-0.05, 0) is 18.2 Å². The predicted octanol–water partition coefficient (Wildman–Crippen LogP) is 0.797. The quantitative estimate of drug-likeness (QED) is 0.475. The summed E-state index contributed by atoms with van der Waals surface area (Å²) in [4.78, 5) is 40.9. The van der Waals surface area contributed by atoms with Crippen molar-refractivity contribution in [3.63, 3.8) is 0 Å². The number of aliphatic hydroxyl groups excluding tert-OH is 1. The van der Waals surface area contributed by atoms with Crippen LogP contribution in [0.3, 0.4) is 0 Å². The lowest BCUT2D eigenvalue weighted by atomic mass is 10.2. The maximum atomic E-state index is 12.5. The van der Waals surface area contributed by atoms with Gasteiger partial charge < -0.3 is 14.9 Å². The van der Waals surface area contributed by atoms with E-state index in [4.69, 9.17) is 10.1 Å². The molecule has 0 radical (unpaired) electrons. The van der Waals surface area contributed by atoms with Crippen LogP contribution < -0.4 is 5.32 Å². The average molecular weight is 416 g/mol. The van der Waals surface area contributed by atoms with Crippen LogP contribution in [-0.4, -0.2) is 72.3 Å². The Morgan fingerprint density at radius 2 is 2.22 bits per heavy atom. The topological polar surface area (TPSA) is 152 Å². The number of fused-ring (bicyclic) bond motifs is 1. The molecule has 0 aromatic rings. The Balaban J connectivity index is 1.85. The highest BCUT2D eigenvalue weighted by Crippen LogP contribution is 2.43. The standard InChI is InChI=1S/C15H20N4O6S2/c1-2-3-4-6(20)13-25-12(7(26-13)5-8(21)22)19-10-9(27-15(19)24)11(23)18-14(16)17-10/h6-7,9,12-13,20H,2-5H2,1H3,(H,21,22)(H2,16,18,23)/t6-,7?,9?,12?,13?/m0/s1. The van der Waals surface area contributed by atoms with Crippen LogP contribution in [0.5, 0.6) is 0 Å². The van der Waals surface area contributed by atoms with Crippen molar-refractivity contribution in [3.05, 3.63) is 0 Å². The number of hydrogen-bond acceptors (Lipinski definition) is 8. The fourth-order valence-electron chi connectivity index (χ4n) is 3.05. The number of carboxylic acids is 1. The molecule has 0 aliphatic carbocycles. The maximum Gasteiger partial charge on any atom is 0.304 e. The Labute approximate surface area is 163 Å². The van der Waals surface area contributed by atoms with E-state index >= 15 is 0 Å². The summed E-state index contributed by atoms with van der Waals surface area (Å²) in [6, 6.07) is 0. The molecular weight excluding hydrogens is 396 g/mol. The van der Waals surface area contributed by atoms with Crippen molar-refractivity contribution in [2.75, 3.05) is 0 Å². The molecule has 0 saturated carbocycles. The number of carbonyl (C=O) groups excluding carboxylic acids is 2. The zero-order valence-electron chi connectivity index (χ0n) is 14.5. The lowest BCUT2D eigenvalue weighted by molar-refractivity contribution is -0.138. The van der Waals surface area contributed by atoms with E-state index in [-0.39, 0.29) is 18.2 Å². The second-order valence-corrected chi connectivity index (χ2v) is 8.72. The van der Waals surface area contributed by atoms with Crippen molar-refractivity contribution in [3.8, 4) is 0 Å². The van der Waals surface area contributed by atoms with Gasteiger partial charge in [0.25, 0.3) is 5.24 Å². The number of nitrogens with zero attached hydrogens (tertiary/aromatic N) is 2. The summed E-state index contributed by atoms with van der Waals surface area (Å²) < 4.78 is 5.87. The molecule has 0 spiro atoms. The van der Waals surface area contributed by atoms with Gasteiger partial charge in [0, 0.05) is 0 Å². The van der Waals surface area contributed by atoms with Crippen molar-refractivity contribution in [2.45, 2.75) is 60.9 Å². The number of guanidine groups is 1. The minimum atomic E-state index is -1.06. The number of thioether (sulfide) groups is 2. The molecular formula is C15H20N4O6S2. The number of ether oxygens (including phenoxy) is 1. The first-order chi connectivity index (χ1) is 12.8. The molecule has 12 heteroatoms. The number of aliphatic carboxylic acids is 1. The van der Waals surface area contributed by atoms with E-state index in [1.54, 1.807) is 0 Å². The van der Waals surface area contributed by atoms with Crippen LogP contribution in [0.15, 0.2) is 4.99 Å². The highest BCUT2D eigenvalue weighted by atomic mass is 32.2. The average Bonchev–Trinajstić information content (AvgIpc) is 3.12. The number of carboxylic acid groups (broad SMARTS) is 1. The number of unbranched alkanes of at least 4 members (excludes halogenated alkanes) is 1. The normalized spacial score (nSPS) is 31.6. The van der Waals surface area contributed by atoms with E-state index in [1.807, 2.05) is 6.92 Å². The maximum absolute atomic E-state index is 12.5. The number of amides is 2. The molecule has 3 aliphatic heterocycles. The van der Waals surface area contributed by atoms with Crippen molar-refractivity contribution < 1.29 is 29.3 Å². The highest BCUT2D eigenvalue weighted by molar-refractivity contribution is 8.16. The van der Waals surface area contributed by atoms with Crippen molar-refractivity contribution in [1.29, 1.82) is 5.41 Å². The van der Waals surface area contributed by atoms with Gasteiger partial charge in [0.05, 0.1) is 17.8 Å². The van der Waals surface area contributed by atoms with E-state index in [0.29, 0.717) is 6.42 Å². The summed E-state index contributed by atoms with van der Waals surface area (Å²) in [7, 11) is 0. The second-order valence-electron chi connectivity index (χ2n) is 6.32. The number of aliphatic hydroxyl groups is 1. The third kappa shape index (κ3) is 4.13. The molecule has 0 bridgehead atoms. The van der Waals surface area contributed by atoms with Gasteiger partial charge in [-0.2, -0.15) is 4.99 Å². The van der Waals surface area contributed by atoms with Gasteiger partial charge in [-0.15, -0.1) is 11.8 Å². The zero-order valence-corrected chi connectivity index (χ0v) is 16.1. The van der Waals surface area contributed by atoms with Gasteiger partial charge in [0.15, 0.2) is 11.5 Å². The first-order valence-electron chi connectivity index (χ1n) is 8.50. The van der Waals surface area contributed by atoms with Gasteiger partial charge in [0.1, 0.15) is 11.3 Å². The van der Waals surface area contributed by atoms with Gasteiger partial charge in [-0.3, -0.25) is 30.0 Å². The molecule has 0 aromatic carbocycles. The largest absolute Gasteiger partial charge is 0.481 e. The van der Waals surface area contributed by atoms with Crippen LogP contribution in [0, 0.1) is 5.41 Å². The summed E-state index contributed by atoms with van der Waals surface area (Å²) in [6.07, 6.45) is 0.137. The van der Waals surface area contributed by atoms with Crippen molar-refractivity contribution in [2.24, 2.45) is 4.99 Å². The molecule has 0 aromatic heterocycles. The molecule has 10 nitrogen and oxygen atoms in total. The summed E-state index contributed by atoms with van der Waals surface area (Å²) in [6.45, 7) is 1.99. The van der Waals surface area contributed by atoms with Crippen molar-refractivity contribution in [1.82, 2.24) is 10.2 Å². The molecule has 2 fully saturated rings. The van der Waals surface area contributed by atoms with E-state index in [2.05, 4.69) is 10.3 Å². The monoisotopic (exact) mass is 416 g/mol. The smallest absolute Gasteiger partial charge is 0.304 e. The van der Waals surface area contributed by atoms with Crippen LogP contribution in [-0.2, 0) is 14.3 Å². The molecule has 3 heterocycles. The molecule has 27 heavy (non-hydrogen) atoms. The third-order valence-corrected chi connectivity index (χ3v) is 6.80. The minimum absolute atomic E-state index is 0.0726. The number of aliphatic imine (C=N–C) groups is 1. The first kappa shape index (κ1) is 20.1. The van der Waals surface area contributed by atoms with Gasteiger partial charge in [0.2, 0.25) is 11.9 Å². The Morgan fingerprint density at radius 3 is 2.89 bits per heavy atom. The number of rotatable bonds is 7. The van der Waals surface area contributed by atoms with Gasteiger partial charge in [-0.1, -0.05) is 19.8 Å². The fraction of sp³-hybridized carbons (Fsp3) is 0.667. The number of nitrogens with one attached hydrogen (secondary N) is 2. The SMILES string of the molecule is CCCC[C@H](O)C1OC(N2C(=O)SC3C(=O)NC(=N)N=C32)C(CC(=O)O)S1. The van der Waals surface area contributed by atoms with E-state index in [1.165, 1.54) is 11.8 Å². The Morgan fingerprint density at radius 1 is 1.48 bits per heavy atom. The van der Waals surface area contributed by atoms with Gasteiger partial charge >= 0.3 is 5.97 Å². The van der Waals surface area contributed by atoms with Crippen molar-refractivity contribution >= 4 is 52.4 Å². The Bertz CT molecular complexity index is 702. The van der Waals surface area contributed by atoms with Crippen LogP contribution in [0.4, 0.5) is 4.79 Å². The second kappa shape index (κ2) is 8.17. The van der Waals surface area contributed by atoms with Gasteiger partial charge in [-0.25, -0.2) is 0 Å². The van der Waals surface area contributed by atoms with Crippen LogP contribution in [0.25, 0.3) is 0 Å². The number of amidine groups is 1. The van der Waals surface area contributed by atoms with Crippen LogP contribution in [0.2, 0.25) is 0 Å². The fourth-order valence-corrected chi connectivity index (χ4v) is 5.40. The highest BCUT2D eigenvalue weighted by Gasteiger charge is 2.53. The minimum Gasteiger partial charge on any atom is -0.481 e. The molecule has 2 saturated heterocycles. The predicted molar refractivity (Wildman–Crippen MR) is 99.7 cm³/mol. The number of carbonyl (C=O) groups is 3. The summed E-state index contributed by atoms with van der Waals surface area (Å²) in [5.41, 5.74) is -0.680. The first-order valence-corrected chi connectivity index (χ1v) is 10.3. The molecule has 5 atom stereocenters. The molecule has 4 N–H and O–H groups in total. The van der Waals surface area contributed by atoms with E-state index < -0.39 is 45.4 Å². The molecule has 3 rings (SSSR count). The third-order valence-electron chi connectivity index (χ3n) is 4.30. The Hall–Kier alpha value is -1.63. The molecule has 148 valence electrons. The lowest BCUT2D eigenvalue weighted by Gasteiger charge is -2.28. The lowest BCUT2D eigenvalue weighted by Crippen LogP contribution is -2.52. The summed E-state index contributed by atoms with van der Waals surface area (Å²) in [5.74, 6) is -1.89. The van der Waals surface area contributed by atoms with E-state index in [9.17, 15) is 24.6 Å².